The molecule has 0 spiro atoms. The van der Waals surface area contributed by atoms with E-state index in [-0.39, 0.29) is 0 Å². The molecule has 2 aromatic heterocycles. The van der Waals surface area contributed by atoms with E-state index in [9.17, 15) is 0 Å². The number of nitrogens with zero attached hydrogens (tertiary/aromatic N) is 4. The predicted molar refractivity (Wildman–Crippen MR) is 52.3 cm³/mol. The zero-order chi connectivity index (χ0) is 9.42. The topological polar surface area (TPSA) is 43.1 Å². The van der Waals surface area contributed by atoms with Gasteiger partial charge in [-0.15, -0.1) is 10.2 Å². The van der Waals surface area contributed by atoms with Gasteiger partial charge < -0.3 is 0 Å². The van der Waals surface area contributed by atoms with Crippen molar-refractivity contribution in [3.63, 3.8) is 0 Å². The Morgan fingerprint density at radius 2 is 2.23 bits per heavy atom. The van der Waals surface area contributed by atoms with E-state index < -0.39 is 0 Å². The van der Waals surface area contributed by atoms with Crippen molar-refractivity contribution in [3.05, 3.63) is 16.9 Å². The molecule has 4 nitrogen and oxygen atoms in total. The minimum Gasteiger partial charge on any atom is -0.204 e. The summed E-state index contributed by atoms with van der Waals surface area (Å²) in [5.74, 6) is 0. The van der Waals surface area contributed by atoms with Crippen LogP contribution in [0.25, 0.3) is 5.52 Å². The molecule has 2 heterocycles. The van der Waals surface area contributed by atoms with Gasteiger partial charge in [-0.1, -0.05) is 23.4 Å². The van der Waals surface area contributed by atoms with Crippen LogP contribution >= 0.6 is 23.4 Å². The summed E-state index contributed by atoms with van der Waals surface area (Å²) in [6.07, 6.45) is 1.92. The van der Waals surface area contributed by atoms with Gasteiger partial charge in [0.1, 0.15) is 5.52 Å². The molecule has 0 aliphatic rings. The molecule has 0 unspecified atom stereocenters. The lowest BCUT2D eigenvalue weighted by Crippen LogP contribution is -1.98. The SMILES string of the molecule is CSc1nnc(Cl)c2cc(C)nn12. The molecular weight excluding hydrogens is 208 g/mol. The van der Waals surface area contributed by atoms with Crippen molar-refractivity contribution in [2.45, 2.75) is 12.1 Å². The summed E-state index contributed by atoms with van der Waals surface area (Å²) in [6.45, 7) is 1.91. The van der Waals surface area contributed by atoms with E-state index in [1.807, 2.05) is 19.2 Å². The van der Waals surface area contributed by atoms with Crippen LogP contribution in [0, 0.1) is 6.92 Å². The molecule has 0 saturated carbocycles. The number of thioether (sulfide) groups is 1. The molecule has 68 valence electrons. The third-order valence-corrected chi connectivity index (χ3v) is 2.52. The van der Waals surface area contributed by atoms with E-state index in [1.165, 1.54) is 11.8 Å². The van der Waals surface area contributed by atoms with E-state index in [4.69, 9.17) is 11.6 Å². The Labute approximate surface area is 84.3 Å². The molecule has 0 fully saturated rings. The van der Waals surface area contributed by atoms with Gasteiger partial charge in [-0.3, -0.25) is 0 Å². The zero-order valence-electron chi connectivity index (χ0n) is 7.15. The predicted octanol–water partition coefficient (Wildman–Crippen LogP) is 1.81. The number of aryl methyl sites for hydroxylation is 1. The first-order chi connectivity index (χ1) is 6.22. The average molecular weight is 215 g/mol. The highest BCUT2D eigenvalue weighted by Crippen LogP contribution is 2.19. The monoisotopic (exact) mass is 214 g/mol. The molecule has 2 rings (SSSR count). The smallest absolute Gasteiger partial charge is 0.204 e. The first-order valence-electron chi connectivity index (χ1n) is 3.65. The van der Waals surface area contributed by atoms with E-state index in [1.54, 1.807) is 4.52 Å². The first-order valence-corrected chi connectivity index (χ1v) is 5.25. The van der Waals surface area contributed by atoms with Crippen LogP contribution in [0.4, 0.5) is 0 Å². The molecule has 13 heavy (non-hydrogen) atoms. The van der Waals surface area contributed by atoms with Crippen molar-refractivity contribution in [2.24, 2.45) is 0 Å². The van der Waals surface area contributed by atoms with Gasteiger partial charge in [-0.25, -0.2) is 4.52 Å². The Bertz CT molecular complexity index is 453. The fourth-order valence-corrected chi connectivity index (χ4v) is 1.71. The van der Waals surface area contributed by atoms with Gasteiger partial charge in [0.25, 0.3) is 0 Å². The lowest BCUT2D eigenvalue weighted by molar-refractivity contribution is 0.734. The fraction of sp³-hybridized carbons (Fsp3) is 0.286. The summed E-state index contributed by atoms with van der Waals surface area (Å²) in [5.41, 5.74) is 1.71. The van der Waals surface area contributed by atoms with Gasteiger partial charge >= 0.3 is 0 Å². The standard InChI is InChI=1S/C7H7ClN4S/c1-4-3-5-6(8)9-10-7(13-2)12(5)11-4/h3H,1-2H3. The summed E-state index contributed by atoms with van der Waals surface area (Å²) in [5, 5.41) is 13.1. The molecular formula is C7H7ClN4S. The Hall–Kier alpha value is -0.810. The second kappa shape index (κ2) is 3.16. The van der Waals surface area contributed by atoms with Crippen LogP contribution in [-0.2, 0) is 0 Å². The highest BCUT2D eigenvalue weighted by atomic mass is 35.5. The van der Waals surface area contributed by atoms with E-state index >= 15 is 0 Å². The normalized spacial score (nSPS) is 11.0. The summed E-state index contributed by atoms with van der Waals surface area (Å²) in [4.78, 5) is 0. The lowest BCUT2D eigenvalue weighted by atomic mass is 10.4. The molecule has 0 aromatic carbocycles. The molecule has 0 amide bonds. The van der Waals surface area contributed by atoms with Crippen LogP contribution < -0.4 is 0 Å². The summed E-state index contributed by atoms with van der Waals surface area (Å²) >= 11 is 7.34. The Morgan fingerprint density at radius 3 is 2.92 bits per heavy atom. The van der Waals surface area contributed by atoms with Gasteiger partial charge in [0.2, 0.25) is 5.16 Å². The molecule has 0 N–H and O–H groups in total. The number of fused-ring (bicyclic) bond motifs is 1. The van der Waals surface area contributed by atoms with E-state index in [2.05, 4.69) is 15.3 Å². The maximum absolute atomic E-state index is 5.86. The number of halogens is 1. The van der Waals surface area contributed by atoms with Crippen LogP contribution in [-0.4, -0.2) is 26.1 Å². The molecule has 0 aliphatic heterocycles. The maximum Gasteiger partial charge on any atom is 0.210 e. The Kier molecular flexibility index (Phi) is 2.13. The van der Waals surface area contributed by atoms with Crippen molar-refractivity contribution in [1.82, 2.24) is 19.8 Å². The molecule has 0 bridgehead atoms. The quantitative estimate of drug-likeness (QED) is 0.680. The number of rotatable bonds is 1. The second-order valence-corrected chi connectivity index (χ2v) is 3.69. The van der Waals surface area contributed by atoms with Crippen molar-refractivity contribution < 1.29 is 0 Å². The summed E-state index contributed by atoms with van der Waals surface area (Å²) < 4.78 is 1.70. The first kappa shape index (κ1) is 8.77. The van der Waals surface area contributed by atoms with Crippen molar-refractivity contribution in [1.29, 1.82) is 0 Å². The van der Waals surface area contributed by atoms with Gasteiger partial charge in [0.15, 0.2) is 5.15 Å². The minimum atomic E-state index is 0.387. The highest BCUT2D eigenvalue weighted by Gasteiger charge is 2.08. The number of aromatic nitrogens is 4. The van der Waals surface area contributed by atoms with E-state index in [0.717, 1.165) is 16.4 Å². The van der Waals surface area contributed by atoms with Crippen molar-refractivity contribution in [2.75, 3.05) is 6.26 Å². The van der Waals surface area contributed by atoms with E-state index in [0.29, 0.717) is 5.15 Å². The third kappa shape index (κ3) is 1.38. The number of hydrogen-bond donors (Lipinski definition) is 0. The van der Waals surface area contributed by atoms with Gasteiger partial charge in [-0.05, 0) is 19.2 Å². The van der Waals surface area contributed by atoms with Crippen molar-refractivity contribution >= 4 is 28.9 Å². The van der Waals surface area contributed by atoms with Crippen LogP contribution in [0.1, 0.15) is 5.69 Å². The summed E-state index contributed by atoms with van der Waals surface area (Å²) in [7, 11) is 0. The number of hydrogen-bond acceptors (Lipinski definition) is 4. The molecule has 0 aliphatic carbocycles. The molecule has 6 heteroatoms. The molecule has 2 aromatic rings. The van der Waals surface area contributed by atoms with Crippen LogP contribution in [0.3, 0.4) is 0 Å². The van der Waals surface area contributed by atoms with Crippen LogP contribution in [0.15, 0.2) is 11.2 Å². The molecule has 0 atom stereocenters. The summed E-state index contributed by atoms with van der Waals surface area (Å²) in [6, 6.07) is 1.89. The van der Waals surface area contributed by atoms with Gasteiger partial charge in [0, 0.05) is 0 Å². The maximum atomic E-state index is 5.86. The zero-order valence-corrected chi connectivity index (χ0v) is 8.72. The van der Waals surface area contributed by atoms with Crippen LogP contribution in [0.2, 0.25) is 5.15 Å². The molecule has 0 saturated heterocycles. The van der Waals surface area contributed by atoms with Gasteiger partial charge in [0.05, 0.1) is 5.69 Å². The highest BCUT2D eigenvalue weighted by molar-refractivity contribution is 7.98. The Morgan fingerprint density at radius 1 is 1.46 bits per heavy atom. The lowest BCUT2D eigenvalue weighted by Gasteiger charge is -1.98. The Balaban J connectivity index is 2.83. The molecule has 0 radical (unpaired) electrons. The second-order valence-electron chi connectivity index (χ2n) is 2.56. The van der Waals surface area contributed by atoms with Crippen LogP contribution in [0.5, 0.6) is 0 Å². The average Bonchev–Trinajstić information content (AvgIpc) is 2.48. The third-order valence-electron chi connectivity index (χ3n) is 1.63. The largest absolute Gasteiger partial charge is 0.210 e. The minimum absolute atomic E-state index is 0.387. The van der Waals surface area contributed by atoms with Crippen molar-refractivity contribution in [3.8, 4) is 0 Å². The fourth-order valence-electron chi connectivity index (χ4n) is 1.10. The van der Waals surface area contributed by atoms with Gasteiger partial charge in [-0.2, -0.15) is 5.10 Å².